The summed E-state index contributed by atoms with van der Waals surface area (Å²) < 4.78 is 26.9. The third-order valence-corrected chi connectivity index (χ3v) is 4.59. The molecule has 132 valence electrons. The Hall–Kier alpha value is -2.43. The summed E-state index contributed by atoms with van der Waals surface area (Å²) in [5, 5.41) is 2.80. The second-order valence-corrected chi connectivity index (χ2v) is 6.61. The lowest BCUT2D eigenvalue weighted by Gasteiger charge is -2.31. The number of carbonyl (C=O) groups excluding carboxylic acids is 1. The number of fused-ring (bicyclic) bond motifs is 1. The van der Waals surface area contributed by atoms with Gasteiger partial charge in [0.15, 0.2) is 0 Å². The molecule has 5 heteroatoms. The molecule has 0 spiro atoms. The predicted octanol–water partition coefficient (Wildman–Crippen LogP) is 3.90. The normalized spacial score (nSPS) is 14.8. The molecule has 0 aliphatic carbocycles. The first-order chi connectivity index (χ1) is 11.9. The van der Waals surface area contributed by atoms with Crippen molar-refractivity contribution >= 4 is 11.6 Å². The van der Waals surface area contributed by atoms with Crippen molar-refractivity contribution in [3.05, 3.63) is 64.7 Å². The molecule has 0 saturated heterocycles. The minimum absolute atomic E-state index is 0.176. The fourth-order valence-electron chi connectivity index (χ4n) is 3.36. The van der Waals surface area contributed by atoms with Gasteiger partial charge in [-0.3, -0.25) is 4.79 Å². The second-order valence-electron chi connectivity index (χ2n) is 6.61. The maximum Gasteiger partial charge on any atom is 0.239 e. The third-order valence-electron chi connectivity index (χ3n) is 4.59. The van der Waals surface area contributed by atoms with E-state index in [4.69, 9.17) is 0 Å². The van der Waals surface area contributed by atoms with Crippen molar-refractivity contribution < 1.29 is 13.6 Å². The minimum Gasteiger partial charge on any atom is -0.362 e. The number of halogens is 2. The molecule has 0 radical (unpaired) electrons. The molecule has 2 aromatic carbocycles. The molecule has 1 aliphatic heterocycles. The van der Waals surface area contributed by atoms with Crippen molar-refractivity contribution in [1.29, 1.82) is 0 Å². The zero-order valence-corrected chi connectivity index (χ0v) is 14.5. The van der Waals surface area contributed by atoms with Gasteiger partial charge in [0.1, 0.15) is 11.6 Å². The summed E-state index contributed by atoms with van der Waals surface area (Å²) in [5.74, 6) is -1.45. The quantitative estimate of drug-likeness (QED) is 0.912. The molecule has 3 rings (SSSR count). The Bertz CT molecular complexity index is 791. The fourth-order valence-corrected chi connectivity index (χ4v) is 3.36. The molecule has 1 atom stereocenters. The number of nitrogens with zero attached hydrogens (tertiary/aromatic N) is 1. The van der Waals surface area contributed by atoms with E-state index in [1.807, 2.05) is 6.07 Å². The van der Waals surface area contributed by atoms with Crippen LogP contribution in [0.2, 0.25) is 0 Å². The highest BCUT2D eigenvalue weighted by molar-refractivity contribution is 5.82. The van der Waals surface area contributed by atoms with Crippen LogP contribution in [-0.4, -0.2) is 19.0 Å². The van der Waals surface area contributed by atoms with Crippen LogP contribution >= 0.6 is 0 Å². The minimum atomic E-state index is -0.647. The topological polar surface area (TPSA) is 32.3 Å². The summed E-state index contributed by atoms with van der Waals surface area (Å²) in [5.41, 5.74) is 3.85. The number of nitrogens with one attached hydrogen (secondary N) is 1. The SMILES string of the molecule is Cc1ccc2c(c1)CCCN2CC(=O)N[C@H](C)c1ccc(F)cc1F. The van der Waals surface area contributed by atoms with Gasteiger partial charge in [-0.25, -0.2) is 8.78 Å². The molecule has 0 aromatic heterocycles. The van der Waals surface area contributed by atoms with Gasteiger partial charge in [0.2, 0.25) is 5.91 Å². The van der Waals surface area contributed by atoms with E-state index in [2.05, 4.69) is 29.3 Å². The highest BCUT2D eigenvalue weighted by Crippen LogP contribution is 2.27. The van der Waals surface area contributed by atoms with E-state index in [1.165, 1.54) is 23.3 Å². The zero-order valence-electron chi connectivity index (χ0n) is 14.5. The molecule has 3 nitrogen and oxygen atoms in total. The molecule has 1 heterocycles. The number of anilines is 1. The molecule has 0 fully saturated rings. The smallest absolute Gasteiger partial charge is 0.239 e. The second kappa shape index (κ2) is 7.21. The highest BCUT2D eigenvalue weighted by atomic mass is 19.1. The number of benzene rings is 2. The number of amides is 1. The third kappa shape index (κ3) is 3.98. The van der Waals surface area contributed by atoms with Crippen LogP contribution in [0.4, 0.5) is 14.5 Å². The molecule has 1 amide bonds. The summed E-state index contributed by atoms with van der Waals surface area (Å²) in [7, 11) is 0. The van der Waals surface area contributed by atoms with Gasteiger partial charge in [-0.1, -0.05) is 23.8 Å². The maximum absolute atomic E-state index is 13.8. The van der Waals surface area contributed by atoms with E-state index in [1.54, 1.807) is 6.92 Å². The van der Waals surface area contributed by atoms with Crippen LogP contribution in [0.1, 0.15) is 36.1 Å². The standard InChI is InChI=1S/C20H22F2N2O/c1-13-5-8-19-15(10-13)4-3-9-24(19)12-20(25)23-14(2)17-7-6-16(21)11-18(17)22/h5-8,10-11,14H,3-4,9,12H2,1-2H3,(H,23,25)/t14-/m1/s1. The van der Waals surface area contributed by atoms with Gasteiger partial charge in [-0.2, -0.15) is 0 Å². The summed E-state index contributed by atoms with van der Waals surface area (Å²) in [6, 6.07) is 9.15. The van der Waals surface area contributed by atoms with E-state index < -0.39 is 17.7 Å². The van der Waals surface area contributed by atoms with Crippen molar-refractivity contribution in [2.24, 2.45) is 0 Å². The molecule has 2 aromatic rings. The Morgan fingerprint density at radius 2 is 2.04 bits per heavy atom. The summed E-state index contributed by atoms with van der Waals surface area (Å²) in [6.07, 6.45) is 2.03. The lowest BCUT2D eigenvalue weighted by molar-refractivity contribution is -0.120. The van der Waals surface area contributed by atoms with Crippen LogP contribution in [0.5, 0.6) is 0 Å². The van der Waals surface area contributed by atoms with Crippen molar-refractivity contribution in [1.82, 2.24) is 5.32 Å². The number of carbonyl (C=O) groups is 1. The van der Waals surface area contributed by atoms with Crippen molar-refractivity contribution in [2.45, 2.75) is 32.7 Å². The van der Waals surface area contributed by atoms with E-state index in [0.717, 1.165) is 31.1 Å². The van der Waals surface area contributed by atoms with E-state index in [-0.39, 0.29) is 18.0 Å². The van der Waals surface area contributed by atoms with Crippen LogP contribution in [-0.2, 0) is 11.2 Å². The van der Waals surface area contributed by atoms with Gasteiger partial charge >= 0.3 is 0 Å². The number of aryl methyl sites for hydroxylation is 2. The van der Waals surface area contributed by atoms with E-state index >= 15 is 0 Å². The molecule has 0 unspecified atom stereocenters. The lowest BCUT2D eigenvalue weighted by Crippen LogP contribution is -2.40. The van der Waals surface area contributed by atoms with Gasteiger partial charge in [-0.15, -0.1) is 0 Å². The van der Waals surface area contributed by atoms with Gasteiger partial charge in [0.25, 0.3) is 0 Å². The molecule has 0 saturated carbocycles. The Labute approximate surface area is 146 Å². The van der Waals surface area contributed by atoms with Gasteiger partial charge in [0, 0.05) is 23.9 Å². The Morgan fingerprint density at radius 1 is 1.24 bits per heavy atom. The van der Waals surface area contributed by atoms with E-state index in [9.17, 15) is 13.6 Å². The Morgan fingerprint density at radius 3 is 2.80 bits per heavy atom. The van der Waals surface area contributed by atoms with Gasteiger partial charge in [-0.05, 0) is 44.4 Å². The first-order valence-corrected chi connectivity index (χ1v) is 8.53. The molecular weight excluding hydrogens is 322 g/mol. The van der Waals surface area contributed by atoms with Gasteiger partial charge in [0.05, 0.1) is 12.6 Å². The van der Waals surface area contributed by atoms with Crippen LogP contribution in [0.15, 0.2) is 36.4 Å². The summed E-state index contributed by atoms with van der Waals surface area (Å²) >= 11 is 0. The molecule has 25 heavy (non-hydrogen) atoms. The number of hydrogen-bond acceptors (Lipinski definition) is 2. The fraction of sp³-hybridized carbons (Fsp3) is 0.350. The highest BCUT2D eigenvalue weighted by Gasteiger charge is 2.21. The largest absolute Gasteiger partial charge is 0.362 e. The monoisotopic (exact) mass is 344 g/mol. The Balaban J connectivity index is 1.67. The first kappa shape index (κ1) is 17.4. The first-order valence-electron chi connectivity index (χ1n) is 8.53. The summed E-state index contributed by atoms with van der Waals surface area (Å²) in [4.78, 5) is 14.5. The average Bonchev–Trinajstić information content (AvgIpc) is 2.54. The lowest BCUT2D eigenvalue weighted by atomic mass is 9.99. The van der Waals surface area contributed by atoms with Crippen molar-refractivity contribution in [3.63, 3.8) is 0 Å². The van der Waals surface area contributed by atoms with Crippen molar-refractivity contribution in [3.8, 4) is 0 Å². The van der Waals surface area contributed by atoms with E-state index in [0.29, 0.717) is 0 Å². The van der Waals surface area contributed by atoms with Gasteiger partial charge < -0.3 is 10.2 Å². The molecule has 1 aliphatic rings. The van der Waals surface area contributed by atoms with Crippen LogP contribution in [0.3, 0.4) is 0 Å². The van der Waals surface area contributed by atoms with Crippen molar-refractivity contribution in [2.75, 3.05) is 18.0 Å². The molecule has 1 N–H and O–H groups in total. The maximum atomic E-state index is 13.8. The predicted molar refractivity (Wildman–Crippen MR) is 94.6 cm³/mol. The number of hydrogen-bond donors (Lipinski definition) is 1. The molecule has 0 bridgehead atoms. The van der Waals surface area contributed by atoms with Crippen LogP contribution < -0.4 is 10.2 Å². The average molecular weight is 344 g/mol. The van der Waals surface area contributed by atoms with Crippen LogP contribution in [0.25, 0.3) is 0 Å². The molecular formula is C20H22F2N2O. The zero-order chi connectivity index (χ0) is 18.0. The Kier molecular flexibility index (Phi) is 5.02. The van der Waals surface area contributed by atoms with Crippen LogP contribution in [0, 0.1) is 18.6 Å². The number of rotatable bonds is 4. The summed E-state index contributed by atoms with van der Waals surface area (Å²) in [6.45, 7) is 4.80.